The van der Waals surface area contributed by atoms with Crippen LogP contribution < -0.4 is 16.0 Å². The van der Waals surface area contributed by atoms with Crippen molar-refractivity contribution in [3.05, 3.63) is 60.2 Å². The highest BCUT2D eigenvalue weighted by Crippen LogP contribution is 2.11. The number of likely N-dealkylation sites (N-methyl/N-ethyl adjacent to an activating group) is 1. The Kier molecular flexibility index (Phi) is 4.60. The topological polar surface area (TPSA) is 58.4 Å². The first kappa shape index (κ1) is 13.9. The minimum Gasteiger partial charge on any atom is -0.398 e. The molecule has 2 aromatic carbocycles. The molecule has 20 heavy (non-hydrogen) atoms. The molecule has 0 saturated heterocycles. The third-order valence-electron chi connectivity index (χ3n) is 3.14. The number of benzene rings is 2. The van der Waals surface area contributed by atoms with Gasteiger partial charge in [0.2, 0.25) is 0 Å². The van der Waals surface area contributed by atoms with Gasteiger partial charge in [0.05, 0.1) is 5.56 Å². The Morgan fingerprint density at radius 1 is 1.10 bits per heavy atom. The molecule has 104 valence electrons. The van der Waals surface area contributed by atoms with Gasteiger partial charge in [0.1, 0.15) is 0 Å². The van der Waals surface area contributed by atoms with Crippen molar-refractivity contribution in [1.82, 2.24) is 5.32 Å². The van der Waals surface area contributed by atoms with Gasteiger partial charge in [-0.25, -0.2) is 0 Å². The zero-order chi connectivity index (χ0) is 14.4. The van der Waals surface area contributed by atoms with Gasteiger partial charge in [-0.3, -0.25) is 4.79 Å². The second-order valence-electron chi connectivity index (χ2n) is 4.60. The largest absolute Gasteiger partial charge is 0.398 e. The first-order chi connectivity index (χ1) is 9.68. The summed E-state index contributed by atoms with van der Waals surface area (Å²) in [6.45, 7) is 1.31. The summed E-state index contributed by atoms with van der Waals surface area (Å²) in [5.74, 6) is -0.135. The van der Waals surface area contributed by atoms with Crippen molar-refractivity contribution in [2.24, 2.45) is 0 Å². The summed E-state index contributed by atoms with van der Waals surface area (Å²) in [5, 5.41) is 2.88. The first-order valence-electron chi connectivity index (χ1n) is 6.57. The minimum absolute atomic E-state index is 0.135. The molecule has 0 aliphatic rings. The summed E-state index contributed by atoms with van der Waals surface area (Å²) in [5.41, 5.74) is 7.92. The predicted molar refractivity (Wildman–Crippen MR) is 82.9 cm³/mol. The molecule has 0 aromatic heterocycles. The van der Waals surface area contributed by atoms with E-state index in [0.29, 0.717) is 17.8 Å². The van der Waals surface area contributed by atoms with Crippen LogP contribution in [0, 0.1) is 0 Å². The third kappa shape index (κ3) is 3.51. The van der Waals surface area contributed by atoms with Crippen LogP contribution in [-0.4, -0.2) is 26.0 Å². The highest BCUT2D eigenvalue weighted by atomic mass is 16.1. The molecule has 0 saturated carbocycles. The average Bonchev–Trinajstić information content (AvgIpc) is 2.48. The first-order valence-corrected chi connectivity index (χ1v) is 6.57. The van der Waals surface area contributed by atoms with E-state index in [-0.39, 0.29) is 5.91 Å². The standard InChI is InChI=1S/C16H19N3O/c1-19(13-7-3-2-4-8-13)12-11-18-16(20)14-9-5-6-10-15(14)17/h2-10H,11-12,17H2,1H3,(H,18,20). The van der Waals surface area contributed by atoms with E-state index in [1.165, 1.54) is 0 Å². The summed E-state index contributed by atoms with van der Waals surface area (Å²) in [7, 11) is 2.00. The maximum absolute atomic E-state index is 12.0. The highest BCUT2D eigenvalue weighted by molar-refractivity contribution is 5.99. The summed E-state index contributed by atoms with van der Waals surface area (Å²) >= 11 is 0. The second-order valence-corrected chi connectivity index (χ2v) is 4.60. The van der Waals surface area contributed by atoms with Gasteiger partial charge in [0, 0.05) is 31.5 Å². The number of para-hydroxylation sites is 2. The molecule has 0 fully saturated rings. The molecule has 0 heterocycles. The molecule has 0 atom stereocenters. The van der Waals surface area contributed by atoms with Gasteiger partial charge in [-0.2, -0.15) is 0 Å². The maximum Gasteiger partial charge on any atom is 0.253 e. The lowest BCUT2D eigenvalue weighted by atomic mass is 10.1. The van der Waals surface area contributed by atoms with Crippen molar-refractivity contribution in [1.29, 1.82) is 0 Å². The molecular formula is C16H19N3O. The lowest BCUT2D eigenvalue weighted by Gasteiger charge is -2.19. The van der Waals surface area contributed by atoms with Gasteiger partial charge >= 0.3 is 0 Å². The Balaban J connectivity index is 1.84. The number of hydrogen-bond donors (Lipinski definition) is 2. The average molecular weight is 269 g/mol. The van der Waals surface area contributed by atoms with Crippen LogP contribution in [-0.2, 0) is 0 Å². The molecule has 1 amide bonds. The van der Waals surface area contributed by atoms with Gasteiger partial charge < -0.3 is 16.0 Å². The van der Waals surface area contributed by atoms with E-state index in [4.69, 9.17) is 5.73 Å². The normalized spacial score (nSPS) is 10.1. The van der Waals surface area contributed by atoms with Gasteiger partial charge in [0.25, 0.3) is 5.91 Å². The number of rotatable bonds is 5. The summed E-state index contributed by atoms with van der Waals surface area (Å²) in [4.78, 5) is 14.1. The van der Waals surface area contributed by atoms with Crippen molar-refractivity contribution >= 4 is 17.3 Å². The van der Waals surface area contributed by atoms with Gasteiger partial charge in [0.15, 0.2) is 0 Å². The van der Waals surface area contributed by atoms with E-state index in [2.05, 4.69) is 10.2 Å². The number of nitrogens with zero attached hydrogens (tertiary/aromatic N) is 1. The number of nitrogens with two attached hydrogens (primary N) is 1. The highest BCUT2D eigenvalue weighted by Gasteiger charge is 2.08. The molecule has 0 aliphatic carbocycles. The second kappa shape index (κ2) is 6.61. The van der Waals surface area contributed by atoms with E-state index in [9.17, 15) is 4.79 Å². The van der Waals surface area contributed by atoms with Gasteiger partial charge in [-0.15, -0.1) is 0 Å². The Morgan fingerprint density at radius 3 is 2.45 bits per heavy atom. The van der Waals surface area contributed by atoms with Gasteiger partial charge in [-0.05, 0) is 24.3 Å². The number of anilines is 2. The molecule has 4 heteroatoms. The molecule has 0 bridgehead atoms. The number of nitrogens with one attached hydrogen (secondary N) is 1. The molecule has 2 rings (SSSR count). The van der Waals surface area contributed by atoms with Crippen LogP contribution in [0.3, 0.4) is 0 Å². The fourth-order valence-electron chi connectivity index (χ4n) is 1.95. The van der Waals surface area contributed by atoms with Crippen molar-refractivity contribution in [2.45, 2.75) is 0 Å². The number of amides is 1. The maximum atomic E-state index is 12.0. The van der Waals surface area contributed by atoms with Crippen LogP contribution >= 0.6 is 0 Å². The van der Waals surface area contributed by atoms with Crippen molar-refractivity contribution in [3.63, 3.8) is 0 Å². The van der Waals surface area contributed by atoms with E-state index < -0.39 is 0 Å². The van der Waals surface area contributed by atoms with Crippen LogP contribution in [0.15, 0.2) is 54.6 Å². The van der Waals surface area contributed by atoms with Crippen LogP contribution in [0.4, 0.5) is 11.4 Å². The summed E-state index contributed by atoms with van der Waals surface area (Å²) in [6, 6.07) is 17.1. The van der Waals surface area contributed by atoms with E-state index in [1.807, 2.05) is 43.4 Å². The minimum atomic E-state index is -0.135. The third-order valence-corrected chi connectivity index (χ3v) is 3.14. The fraction of sp³-hybridized carbons (Fsp3) is 0.188. The van der Waals surface area contributed by atoms with E-state index in [0.717, 1.165) is 12.2 Å². The lowest BCUT2D eigenvalue weighted by Crippen LogP contribution is -2.33. The molecule has 4 nitrogen and oxygen atoms in total. The number of nitrogen functional groups attached to an aromatic ring is 1. The van der Waals surface area contributed by atoms with Crippen LogP contribution in [0.1, 0.15) is 10.4 Å². The zero-order valence-electron chi connectivity index (χ0n) is 11.5. The van der Waals surface area contributed by atoms with E-state index in [1.54, 1.807) is 18.2 Å². The smallest absolute Gasteiger partial charge is 0.253 e. The predicted octanol–water partition coefficient (Wildman–Crippen LogP) is 2.13. The fourth-order valence-corrected chi connectivity index (χ4v) is 1.95. The van der Waals surface area contributed by atoms with Crippen LogP contribution in [0.5, 0.6) is 0 Å². The van der Waals surface area contributed by atoms with Crippen LogP contribution in [0.25, 0.3) is 0 Å². The number of hydrogen-bond acceptors (Lipinski definition) is 3. The number of carbonyl (C=O) groups excluding carboxylic acids is 1. The van der Waals surface area contributed by atoms with Gasteiger partial charge in [-0.1, -0.05) is 30.3 Å². The lowest BCUT2D eigenvalue weighted by molar-refractivity contribution is 0.0955. The van der Waals surface area contributed by atoms with Crippen molar-refractivity contribution in [3.8, 4) is 0 Å². The van der Waals surface area contributed by atoms with Crippen molar-refractivity contribution < 1.29 is 4.79 Å². The summed E-state index contributed by atoms with van der Waals surface area (Å²) in [6.07, 6.45) is 0. The summed E-state index contributed by atoms with van der Waals surface area (Å²) < 4.78 is 0. The monoisotopic (exact) mass is 269 g/mol. The van der Waals surface area contributed by atoms with Crippen molar-refractivity contribution in [2.75, 3.05) is 30.8 Å². The molecular weight excluding hydrogens is 250 g/mol. The van der Waals surface area contributed by atoms with Crippen LogP contribution in [0.2, 0.25) is 0 Å². The SMILES string of the molecule is CN(CCNC(=O)c1ccccc1N)c1ccccc1. The Bertz CT molecular complexity index is 569. The Hall–Kier alpha value is -2.49. The molecule has 2 aromatic rings. The molecule has 0 aliphatic heterocycles. The molecule has 3 N–H and O–H groups in total. The van der Waals surface area contributed by atoms with E-state index >= 15 is 0 Å². The Morgan fingerprint density at radius 2 is 1.75 bits per heavy atom. The number of carbonyl (C=O) groups is 1. The molecule has 0 radical (unpaired) electrons. The molecule has 0 spiro atoms. The quantitative estimate of drug-likeness (QED) is 0.818. The molecule has 0 unspecified atom stereocenters. The Labute approximate surface area is 119 Å². The zero-order valence-corrected chi connectivity index (χ0v) is 11.5.